The standard InChI is InChI=1S/C15H20F3NOS/c1-19-9-6-14(7-10-19)21-13-4-2-12(3-5-13)8-11-20-15(16,17)18/h2-5,14H,6-11H2,1H3. The average Bonchev–Trinajstić information content (AvgIpc) is 2.42. The van der Waals surface area contributed by atoms with E-state index in [0.29, 0.717) is 5.25 Å². The Bertz CT molecular complexity index is 428. The Morgan fingerprint density at radius 1 is 1.19 bits per heavy atom. The number of piperidine rings is 1. The minimum atomic E-state index is -4.54. The molecule has 1 aromatic carbocycles. The van der Waals surface area contributed by atoms with E-state index in [1.54, 1.807) is 0 Å². The molecule has 2 nitrogen and oxygen atoms in total. The zero-order valence-corrected chi connectivity index (χ0v) is 12.8. The molecule has 0 spiro atoms. The van der Waals surface area contributed by atoms with Gasteiger partial charge in [0.25, 0.3) is 0 Å². The quantitative estimate of drug-likeness (QED) is 0.815. The van der Waals surface area contributed by atoms with Crippen LogP contribution in [-0.4, -0.2) is 43.3 Å². The molecule has 0 amide bonds. The fourth-order valence-corrected chi connectivity index (χ4v) is 3.44. The summed E-state index contributed by atoms with van der Waals surface area (Å²) in [4.78, 5) is 3.52. The van der Waals surface area contributed by atoms with Crippen LogP contribution >= 0.6 is 11.8 Å². The summed E-state index contributed by atoms with van der Waals surface area (Å²) in [6.45, 7) is 1.93. The van der Waals surface area contributed by atoms with Gasteiger partial charge in [0.15, 0.2) is 0 Å². The van der Waals surface area contributed by atoms with Gasteiger partial charge in [-0.1, -0.05) is 12.1 Å². The van der Waals surface area contributed by atoms with E-state index in [2.05, 4.69) is 16.7 Å². The molecule has 0 radical (unpaired) electrons. The van der Waals surface area contributed by atoms with Gasteiger partial charge in [0.1, 0.15) is 0 Å². The Balaban J connectivity index is 1.76. The first-order valence-electron chi connectivity index (χ1n) is 7.07. The second-order valence-electron chi connectivity index (χ2n) is 5.31. The summed E-state index contributed by atoms with van der Waals surface area (Å²) in [7, 11) is 2.14. The van der Waals surface area contributed by atoms with Crippen LogP contribution in [0.1, 0.15) is 18.4 Å². The summed E-state index contributed by atoms with van der Waals surface area (Å²) >= 11 is 1.87. The van der Waals surface area contributed by atoms with Crippen molar-refractivity contribution in [1.82, 2.24) is 4.90 Å². The predicted octanol–water partition coefficient (Wildman–Crippen LogP) is 3.95. The van der Waals surface area contributed by atoms with Crippen LogP contribution in [0.15, 0.2) is 29.2 Å². The van der Waals surface area contributed by atoms with Crippen LogP contribution in [0.5, 0.6) is 0 Å². The minimum Gasteiger partial charge on any atom is -0.306 e. The summed E-state index contributed by atoms with van der Waals surface area (Å²) in [6.07, 6.45) is -1.90. The van der Waals surface area contributed by atoms with Crippen LogP contribution in [0.2, 0.25) is 0 Å². The fraction of sp³-hybridized carbons (Fsp3) is 0.600. The van der Waals surface area contributed by atoms with Gasteiger partial charge < -0.3 is 4.90 Å². The first-order chi connectivity index (χ1) is 9.92. The van der Waals surface area contributed by atoms with Crippen LogP contribution in [0.25, 0.3) is 0 Å². The molecule has 1 fully saturated rings. The number of hydrogen-bond donors (Lipinski definition) is 0. The molecular formula is C15H20F3NOS. The third-order valence-corrected chi connectivity index (χ3v) is 4.90. The van der Waals surface area contributed by atoms with Gasteiger partial charge in [0, 0.05) is 10.1 Å². The lowest BCUT2D eigenvalue weighted by Crippen LogP contribution is -2.31. The zero-order chi connectivity index (χ0) is 15.3. The molecule has 1 heterocycles. The van der Waals surface area contributed by atoms with E-state index in [1.165, 1.54) is 17.7 Å². The number of alkyl halides is 3. The van der Waals surface area contributed by atoms with Gasteiger partial charge in [0.05, 0.1) is 6.61 Å². The normalized spacial score (nSPS) is 18.1. The molecule has 0 N–H and O–H groups in total. The van der Waals surface area contributed by atoms with Crippen molar-refractivity contribution in [3.63, 3.8) is 0 Å². The monoisotopic (exact) mass is 319 g/mol. The third-order valence-electron chi connectivity index (χ3n) is 3.55. The topological polar surface area (TPSA) is 12.5 Å². The molecule has 0 aromatic heterocycles. The number of thioether (sulfide) groups is 1. The number of ether oxygens (including phenoxy) is 1. The molecule has 0 saturated carbocycles. The Morgan fingerprint density at radius 2 is 1.81 bits per heavy atom. The van der Waals surface area contributed by atoms with E-state index >= 15 is 0 Å². The Labute approximate surface area is 127 Å². The highest BCUT2D eigenvalue weighted by atomic mass is 32.2. The maximum Gasteiger partial charge on any atom is 0.522 e. The predicted molar refractivity (Wildman–Crippen MR) is 78.5 cm³/mol. The second-order valence-corrected chi connectivity index (χ2v) is 6.68. The highest BCUT2D eigenvalue weighted by Crippen LogP contribution is 2.30. The highest BCUT2D eigenvalue weighted by molar-refractivity contribution is 8.00. The smallest absolute Gasteiger partial charge is 0.306 e. The SMILES string of the molecule is CN1CCC(Sc2ccc(CCOC(F)(F)F)cc2)CC1. The van der Waals surface area contributed by atoms with Gasteiger partial charge in [-0.05, 0) is 57.1 Å². The molecule has 0 aliphatic carbocycles. The van der Waals surface area contributed by atoms with Crippen molar-refractivity contribution in [3.05, 3.63) is 29.8 Å². The van der Waals surface area contributed by atoms with Gasteiger partial charge in [-0.3, -0.25) is 4.74 Å². The van der Waals surface area contributed by atoms with Crippen LogP contribution < -0.4 is 0 Å². The van der Waals surface area contributed by atoms with E-state index in [9.17, 15) is 13.2 Å². The Morgan fingerprint density at radius 3 is 2.38 bits per heavy atom. The van der Waals surface area contributed by atoms with Crippen LogP contribution in [0.3, 0.4) is 0 Å². The van der Waals surface area contributed by atoms with Crippen molar-refractivity contribution in [1.29, 1.82) is 0 Å². The lowest BCUT2D eigenvalue weighted by Gasteiger charge is -2.28. The maximum absolute atomic E-state index is 11.9. The van der Waals surface area contributed by atoms with Crippen molar-refractivity contribution >= 4 is 11.8 Å². The molecule has 1 saturated heterocycles. The number of rotatable bonds is 5. The largest absolute Gasteiger partial charge is 0.522 e. The molecule has 0 unspecified atom stereocenters. The molecule has 1 aliphatic heterocycles. The zero-order valence-electron chi connectivity index (χ0n) is 12.0. The fourth-order valence-electron chi connectivity index (χ4n) is 2.31. The van der Waals surface area contributed by atoms with E-state index < -0.39 is 6.36 Å². The molecule has 1 aromatic rings. The number of halogens is 3. The van der Waals surface area contributed by atoms with Crippen molar-refractivity contribution < 1.29 is 17.9 Å². The summed E-state index contributed by atoms with van der Waals surface area (Å²) < 4.78 is 39.4. The van der Waals surface area contributed by atoms with Crippen molar-refractivity contribution in [3.8, 4) is 0 Å². The van der Waals surface area contributed by atoms with Gasteiger partial charge in [-0.15, -0.1) is 24.9 Å². The second kappa shape index (κ2) is 7.51. The average molecular weight is 319 g/mol. The third kappa shape index (κ3) is 6.28. The van der Waals surface area contributed by atoms with Gasteiger partial charge >= 0.3 is 6.36 Å². The molecule has 0 bridgehead atoms. The molecule has 0 atom stereocenters. The van der Waals surface area contributed by atoms with Gasteiger partial charge in [0.2, 0.25) is 0 Å². The van der Waals surface area contributed by atoms with Crippen molar-refractivity contribution in [2.75, 3.05) is 26.7 Å². The van der Waals surface area contributed by atoms with Crippen molar-refractivity contribution in [2.24, 2.45) is 0 Å². The summed E-state index contributed by atoms with van der Waals surface area (Å²) in [5.41, 5.74) is 0.868. The van der Waals surface area contributed by atoms with E-state index in [-0.39, 0.29) is 13.0 Å². The summed E-state index contributed by atoms with van der Waals surface area (Å²) in [5.74, 6) is 0. The van der Waals surface area contributed by atoms with E-state index in [1.807, 2.05) is 36.0 Å². The van der Waals surface area contributed by atoms with Crippen LogP contribution in [0.4, 0.5) is 13.2 Å². The Kier molecular flexibility index (Phi) is 5.96. The van der Waals surface area contributed by atoms with Crippen LogP contribution in [-0.2, 0) is 11.2 Å². The maximum atomic E-state index is 11.9. The number of nitrogens with zero attached hydrogens (tertiary/aromatic N) is 1. The number of likely N-dealkylation sites (tertiary alicyclic amines) is 1. The summed E-state index contributed by atoms with van der Waals surface area (Å²) in [5, 5.41) is 0.639. The lowest BCUT2D eigenvalue weighted by molar-refractivity contribution is -0.324. The number of hydrogen-bond acceptors (Lipinski definition) is 3. The van der Waals surface area contributed by atoms with E-state index in [4.69, 9.17) is 0 Å². The highest BCUT2D eigenvalue weighted by Gasteiger charge is 2.28. The molecule has 118 valence electrons. The Hall–Kier alpha value is -0.720. The van der Waals surface area contributed by atoms with Crippen LogP contribution in [0, 0.1) is 0 Å². The molecule has 6 heteroatoms. The van der Waals surface area contributed by atoms with Crippen molar-refractivity contribution in [2.45, 2.75) is 35.8 Å². The first kappa shape index (κ1) is 16.6. The molecule has 21 heavy (non-hydrogen) atoms. The molecular weight excluding hydrogens is 299 g/mol. The molecule has 2 rings (SSSR count). The minimum absolute atomic E-state index is 0.276. The van der Waals surface area contributed by atoms with Gasteiger partial charge in [-0.2, -0.15) is 0 Å². The lowest BCUT2D eigenvalue weighted by atomic mass is 10.1. The van der Waals surface area contributed by atoms with E-state index in [0.717, 1.165) is 18.7 Å². The van der Waals surface area contributed by atoms with Gasteiger partial charge in [-0.25, -0.2) is 0 Å². The molecule has 1 aliphatic rings. The first-order valence-corrected chi connectivity index (χ1v) is 7.95. The number of benzene rings is 1. The summed E-state index contributed by atoms with van der Waals surface area (Å²) in [6, 6.07) is 7.76.